The SMILES string of the molecule is C1=c2c(oc3ccc(-c4cccc(-c5ccccc5)c4)cc23)=C(c2ccccc2)C2Oc3ccc(-c4cccc(-c5ccccc5)c4)cc3C12. The summed E-state index contributed by atoms with van der Waals surface area (Å²) in [7, 11) is 0. The van der Waals surface area contributed by atoms with E-state index in [2.05, 4.69) is 182 Å². The molecule has 0 saturated carbocycles. The van der Waals surface area contributed by atoms with Crippen LogP contribution >= 0.6 is 0 Å². The Labute approximate surface area is 290 Å². The maximum absolute atomic E-state index is 6.83. The van der Waals surface area contributed by atoms with Gasteiger partial charge in [0.05, 0.1) is 0 Å². The fraction of sp³-hybridized carbons (Fsp3) is 0.0417. The first-order chi connectivity index (χ1) is 24.8. The first-order valence-corrected chi connectivity index (χ1v) is 17.2. The zero-order valence-corrected chi connectivity index (χ0v) is 27.3. The lowest BCUT2D eigenvalue weighted by molar-refractivity contribution is 0.279. The van der Waals surface area contributed by atoms with Crippen LogP contribution in [-0.4, -0.2) is 6.10 Å². The average molecular weight is 641 g/mol. The molecule has 0 N–H and O–H groups in total. The number of ether oxygens (including phenoxy) is 1. The van der Waals surface area contributed by atoms with Gasteiger partial charge in [-0.3, -0.25) is 0 Å². The summed E-state index contributed by atoms with van der Waals surface area (Å²) in [5.41, 5.74) is 14.8. The molecule has 0 amide bonds. The van der Waals surface area contributed by atoms with Gasteiger partial charge >= 0.3 is 0 Å². The Hall–Kier alpha value is -6.38. The number of furan rings is 1. The van der Waals surface area contributed by atoms with E-state index in [9.17, 15) is 0 Å². The van der Waals surface area contributed by atoms with Crippen LogP contribution in [0.2, 0.25) is 0 Å². The third kappa shape index (κ3) is 4.80. The quantitative estimate of drug-likeness (QED) is 0.187. The predicted octanol–water partition coefficient (Wildman–Crippen LogP) is 10.6. The van der Waals surface area contributed by atoms with Gasteiger partial charge in [0.1, 0.15) is 22.9 Å². The zero-order valence-electron chi connectivity index (χ0n) is 27.3. The van der Waals surface area contributed by atoms with Gasteiger partial charge in [0.15, 0.2) is 0 Å². The van der Waals surface area contributed by atoms with E-state index in [4.69, 9.17) is 9.15 Å². The van der Waals surface area contributed by atoms with Crippen molar-refractivity contribution in [3.05, 3.63) is 198 Å². The Morgan fingerprint density at radius 1 is 0.400 bits per heavy atom. The van der Waals surface area contributed by atoms with Crippen molar-refractivity contribution in [3.8, 4) is 50.3 Å². The molecule has 8 aromatic rings. The van der Waals surface area contributed by atoms with Crippen molar-refractivity contribution in [1.29, 1.82) is 0 Å². The number of benzene rings is 7. The molecule has 2 atom stereocenters. The first kappa shape index (κ1) is 28.6. The third-order valence-electron chi connectivity index (χ3n) is 10.2. The first-order valence-electron chi connectivity index (χ1n) is 17.2. The molecule has 0 radical (unpaired) electrons. The summed E-state index contributed by atoms with van der Waals surface area (Å²) in [6.45, 7) is 0. The van der Waals surface area contributed by atoms with Crippen LogP contribution < -0.4 is 15.4 Å². The highest BCUT2D eigenvalue weighted by Gasteiger charge is 2.40. The van der Waals surface area contributed by atoms with Crippen molar-refractivity contribution in [2.45, 2.75) is 12.0 Å². The summed E-state index contributed by atoms with van der Waals surface area (Å²) in [6, 6.07) is 62.6. The predicted molar refractivity (Wildman–Crippen MR) is 204 cm³/mol. The van der Waals surface area contributed by atoms with Gasteiger partial charge in [-0.1, -0.05) is 146 Å². The largest absolute Gasteiger partial charge is 0.484 e. The topological polar surface area (TPSA) is 22.4 Å². The van der Waals surface area contributed by atoms with Crippen LogP contribution in [0, 0.1) is 0 Å². The zero-order chi connectivity index (χ0) is 33.0. The fourth-order valence-corrected chi connectivity index (χ4v) is 7.79. The lowest BCUT2D eigenvalue weighted by Crippen LogP contribution is -2.37. The maximum Gasteiger partial charge on any atom is 0.142 e. The molecule has 50 heavy (non-hydrogen) atoms. The van der Waals surface area contributed by atoms with Gasteiger partial charge in [0.2, 0.25) is 0 Å². The van der Waals surface area contributed by atoms with E-state index in [1.54, 1.807) is 0 Å². The van der Waals surface area contributed by atoms with Gasteiger partial charge in [0.25, 0.3) is 0 Å². The minimum absolute atomic E-state index is 0.0378. The van der Waals surface area contributed by atoms with Gasteiger partial charge in [-0.15, -0.1) is 0 Å². The molecular weight excluding hydrogens is 609 g/mol. The van der Waals surface area contributed by atoms with Crippen molar-refractivity contribution < 1.29 is 9.15 Å². The van der Waals surface area contributed by atoms with Gasteiger partial charge < -0.3 is 9.15 Å². The second kappa shape index (κ2) is 11.6. The maximum atomic E-state index is 6.83. The van der Waals surface area contributed by atoms with Crippen LogP contribution in [0.5, 0.6) is 5.75 Å². The minimum atomic E-state index is -0.187. The minimum Gasteiger partial charge on any atom is -0.484 e. The number of hydrogen-bond donors (Lipinski definition) is 0. The van der Waals surface area contributed by atoms with Crippen LogP contribution in [0.3, 0.4) is 0 Å². The summed E-state index contributed by atoms with van der Waals surface area (Å²) >= 11 is 0. The van der Waals surface area contributed by atoms with Crippen molar-refractivity contribution in [2.24, 2.45) is 0 Å². The molecule has 236 valence electrons. The molecule has 2 nitrogen and oxygen atoms in total. The fourth-order valence-electron chi connectivity index (χ4n) is 7.79. The van der Waals surface area contributed by atoms with E-state index in [1.165, 1.54) is 50.1 Å². The standard InChI is InChI=1S/C48H32O2/c1-4-12-31(13-5-1)34-18-10-20-36(26-34)38-22-24-44-40(28-38)42-30-43-41-29-39(37-21-11-19-35(27-37)32-14-6-2-7-15-32)23-25-45(41)50-48(43)46(47(42)49-44)33-16-8-3-9-17-33/h1-30,42,47H. The monoisotopic (exact) mass is 640 g/mol. The summed E-state index contributed by atoms with van der Waals surface area (Å²) in [5, 5.41) is 2.25. The average Bonchev–Trinajstić information content (AvgIpc) is 3.75. The molecule has 1 aliphatic carbocycles. The Morgan fingerprint density at radius 3 is 1.52 bits per heavy atom. The van der Waals surface area contributed by atoms with Gasteiger partial charge in [-0.05, 0) is 86.5 Å². The highest BCUT2D eigenvalue weighted by atomic mass is 16.5. The van der Waals surface area contributed by atoms with Gasteiger partial charge in [-0.25, -0.2) is 0 Å². The van der Waals surface area contributed by atoms with E-state index in [0.717, 1.165) is 38.5 Å². The van der Waals surface area contributed by atoms with Crippen LogP contribution in [-0.2, 0) is 0 Å². The van der Waals surface area contributed by atoms with Crippen LogP contribution in [0.1, 0.15) is 17.0 Å². The molecular formula is C48H32O2. The number of fused-ring (bicyclic) bond motifs is 6. The van der Waals surface area contributed by atoms with Crippen molar-refractivity contribution >= 4 is 22.6 Å². The molecule has 1 aromatic heterocycles. The van der Waals surface area contributed by atoms with Crippen molar-refractivity contribution in [1.82, 2.24) is 0 Å². The van der Waals surface area contributed by atoms with E-state index < -0.39 is 0 Å². The molecule has 0 spiro atoms. The van der Waals surface area contributed by atoms with Crippen LogP contribution in [0.4, 0.5) is 0 Å². The summed E-state index contributed by atoms with van der Waals surface area (Å²) in [6.07, 6.45) is 2.20. The smallest absolute Gasteiger partial charge is 0.142 e. The second-order valence-electron chi connectivity index (χ2n) is 13.2. The van der Waals surface area contributed by atoms with Gasteiger partial charge in [0, 0.05) is 27.7 Å². The highest BCUT2D eigenvalue weighted by Crippen LogP contribution is 2.46. The lowest BCUT2D eigenvalue weighted by atomic mass is 9.83. The second-order valence-corrected chi connectivity index (χ2v) is 13.2. The normalized spacial score (nSPS) is 15.9. The number of hydrogen-bond acceptors (Lipinski definition) is 2. The molecule has 1 aliphatic heterocycles. The molecule has 2 heteroatoms. The molecule has 10 rings (SSSR count). The van der Waals surface area contributed by atoms with Crippen LogP contribution in [0.25, 0.3) is 67.1 Å². The summed E-state index contributed by atoms with van der Waals surface area (Å²) < 4.78 is 13.6. The molecule has 0 bridgehead atoms. The van der Waals surface area contributed by atoms with Crippen molar-refractivity contribution in [2.75, 3.05) is 0 Å². The molecule has 7 aromatic carbocycles. The van der Waals surface area contributed by atoms with E-state index in [-0.39, 0.29) is 12.0 Å². The summed E-state index contributed by atoms with van der Waals surface area (Å²) in [4.78, 5) is 0. The van der Waals surface area contributed by atoms with Gasteiger partial charge in [-0.2, -0.15) is 0 Å². The summed E-state index contributed by atoms with van der Waals surface area (Å²) in [5.74, 6) is 0.969. The molecule has 0 saturated heterocycles. The van der Waals surface area contributed by atoms with E-state index >= 15 is 0 Å². The Morgan fingerprint density at radius 2 is 0.900 bits per heavy atom. The Balaban J connectivity index is 1.12. The highest BCUT2D eigenvalue weighted by molar-refractivity contribution is 5.89. The molecule has 0 fully saturated rings. The molecule has 2 unspecified atom stereocenters. The van der Waals surface area contributed by atoms with Crippen molar-refractivity contribution in [3.63, 3.8) is 0 Å². The Kier molecular flexibility index (Phi) is 6.67. The van der Waals surface area contributed by atoms with E-state index in [1.807, 2.05) is 0 Å². The third-order valence-corrected chi connectivity index (χ3v) is 10.2. The Bertz CT molecular complexity index is 2670. The van der Waals surface area contributed by atoms with E-state index in [0.29, 0.717) is 0 Å². The molecule has 2 heterocycles. The number of rotatable bonds is 5. The lowest BCUT2D eigenvalue weighted by Gasteiger charge is -2.22. The van der Waals surface area contributed by atoms with Crippen LogP contribution in [0.15, 0.2) is 180 Å². The molecule has 2 aliphatic rings.